The number of hydrogen-bond acceptors (Lipinski definition) is 3. The molecule has 0 spiro atoms. The third-order valence-electron chi connectivity index (χ3n) is 3.86. The van der Waals surface area contributed by atoms with E-state index in [1.54, 1.807) is 18.2 Å². The van der Waals surface area contributed by atoms with Crippen LogP contribution in [0.2, 0.25) is 0 Å². The standard InChI is InChI=1S/C14H20BrNO3S/c1-10(11-5-3-4-6-11)16-20(17,18)14-9-12(15)7-8-13(14)19-2/h7-11,16H,3-6H2,1-2H3. The Morgan fingerprint density at radius 3 is 2.60 bits per heavy atom. The summed E-state index contributed by atoms with van der Waals surface area (Å²) < 4.78 is 33.7. The Morgan fingerprint density at radius 2 is 2.00 bits per heavy atom. The van der Waals surface area contributed by atoms with Gasteiger partial charge in [-0.15, -0.1) is 0 Å². The lowest BCUT2D eigenvalue weighted by atomic mass is 10.0. The van der Waals surface area contributed by atoms with Crippen LogP contribution in [0.3, 0.4) is 0 Å². The van der Waals surface area contributed by atoms with Crippen LogP contribution in [0.5, 0.6) is 5.75 Å². The zero-order valence-corrected chi connectivity index (χ0v) is 14.1. The minimum Gasteiger partial charge on any atom is -0.495 e. The van der Waals surface area contributed by atoms with Gasteiger partial charge in [0.25, 0.3) is 0 Å². The average Bonchev–Trinajstić information content (AvgIpc) is 2.92. The van der Waals surface area contributed by atoms with Crippen molar-refractivity contribution in [1.82, 2.24) is 4.72 Å². The molecule has 4 nitrogen and oxygen atoms in total. The Labute approximate surface area is 129 Å². The molecule has 0 saturated heterocycles. The first-order valence-corrected chi connectivity index (χ1v) is 9.07. The van der Waals surface area contributed by atoms with Crippen molar-refractivity contribution in [3.8, 4) is 5.75 Å². The molecule has 2 rings (SSSR count). The minimum atomic E-state index is -3.57. The largest absolute Gasteiger partial charge is 0.495 e. The lowest BCUT2D eigenvalue weighted by molar-refractivity contribution is 0.398. The predicted molar refractivity (Wildman–Crippen MR) is 82.4 cm³/mol. The lowest BCUT2D eigenvalue weighted by Gasteiger charge is -2.21. The van der Waals surface area contributed by atoms with Gasteiger partial charge >= 0.3 is 0 Å². The number of halogens is 1. The van der Waals surface area contributed by atoms with E-state index in [4.69, 9.17) is 4.74 Å². The molecule has 0 aliphatic heterocycles. The maximum Gasteiger partial charge on any atom is 0.244 e. The first-order chi connectivity index (χ1) is 9.44. The normalized spacial score (nSPS) is 18.1. The van der Waals surface area contributed by atoms with Gasteiger partial charge in [0.05, 0.1) is 7.11 Å². The monoisotopic (exact) mass is 361 g/mol. The van der Waals surface area contributed by atoms with E-state index in [0.717, 1.165) is 12.8 Å². The first kappa shape index (κ1) is 15.8. The number of sulfonamides is 1. The maximum atomic E-state index is 12.5. The summed E-state index contributed by atoms with van der Waals surface area (Å²) in [6.07, 6.45) is 4.58. The molecule has 1 saturated carbocycles. The Morgan fingerprint density at radius 1 is 1.35 bits per heavy atom. The van der Waals surface area contributed by atoms with Gasteiger partial charge in [0, 0.05) is 10.5 Å². The highest BCUT2D eigenvalue weighted by Crippen LogP contribution is 2.30. The third-order valence-corrected chi connectivity index (χ3v) is 5.94. The van der Waals surface area contributed by atoms with E-state index >= 15 is 0 Å². The second kappa shape index (κ2) is 6.45. The number of hydrogen-bond donors (Lipinski definition) is 1. The summed E-state index contributed by atoms with van der Waals surface area (Å²) in [6.45, 7) is 1.94. The molecule has 1 atom stereocenters. The summed E-state index contributed by atoms with van der Waals surface area (Å²) in [6, 6.07) is 4.94. The molecule has 6 heteroatoms. The molecular weight excluding hydrogens is 342 g/mol. The fraction of sp³-hybridized carbons (Fsp3) is 0.571. The van der Waals surface area contributed by atoms with Gasteiger partial charge in [0.15, 0.2) is 0 Å². The Balaban J connectivity index is 2.23. The Bertz CT molecular complexity index is 568. The third kappa shape index (κ3) is 3.54. The fourth-order valence-electron chi connectivity index (χ4n) is 2.72. The second-order valence-corrected chi connectivity index (χ2v) is 7.85. The highest BCUT2D eigenvalue weighted by molar-refractivity contribution is 9.10. The fourth-order valence-corrected chi connectivity index (χ4v) is 4.74. The van der Waals surface area contributed by atoms with Crippen LogP contribution in [-0.2, 0) is 10.0 Å². The summed E-state index contributed by atoms with van der Waals surface area (Å²) in [7, 11) is -2.09. The predicted octanol–water partition coefficient (Wildman–Crippen LogP) is 3.31. The zero-order chi connectivity index (χ0) is 14.8. The van der Waals surface area contributed by atoms with Gasteiger partial charge in [0.2, 0.25) is 10.0 Å². The summed E-state index contributed by atoms with van der Waals surface area (Å²) in [4.78, 5) is 0.180. The second-order valence-electron chi connectivity index (χ2n) is 5.25. The number of benzene rings is 1. The summed E-state index contributed by atoms with van der Waals surface area (Å²) >= 11 is 3.30. The summed E-state index contributed by atoms with van der Waals surface area (Å²) in [5, 5.41) is 0. The Hall–Kier alpha value is -0.590. The van der Waals surface area contributed by atoms with Crippen molar-refractivity contribution in [2.45, 2.75) is 43.5 Å². The molecule has 1 aliphatic rings. The van der Waals surface area contributed by atoms with E-state index in [-0.39, 0.29) is 10.9 Å². The van der Waals surface area contributed by atoms with Crippen LogP contribution in [0.4, 0.5) is 0 Å². The number of rotatable bonds is 5. The molecule has 1 aromatic carbocycles. The molecule has 1 fully saturated rings. The number of nitrogens with one attached hydrogen (secondary N) is 1. The molecule has 1 aliphatic carbocycles. The van der Waals surface area contributed by atoms with Crippen LogP contribution >= 0.6 is 15.9 Å². The zero-order valence-electron chi connectivity index (χ0n) is 11.7. The van der Waals surface area contributed by atoms with Crippen molar-refractivity contribution in [2.24, 2.45) is 5.92 Å². The molecule has 0 amide bonds. The smallest absolute Gasteiger partial charge is 0.244 e. The number of methoxy groups -OCH3 is 1. The molecule has 0 heterocycles. The van der Waals surface area contributed by atoms with Crippen LogP contribution in [0.25, 0.3) is 0 Å². The van der Waals surface area contributed by atoms with Gasteiger partial charge in [-0.1, -0.05) is 28.8 Å². The van der Waals surface area contributed by atoms with E-state index in [1.807, 2.05) is 6.92 Å². The SMILES string of the molecule is COc1ccc(Br)cc1S(=O)(=O)NC(C)C1CCCC1. The van der Waals surface area contributed by atoms with Gasteiger partial charge < -0.3 is 4.74 Å². The van der Waals surface area contributed by atoms with Crippen LogP contribution in [-0.4, -0.2) is 21.6 Å². The van der Waals surface area contributed by atoms with Gasteiger partial charge in [0.1, 0.15) is 10.6 Å². The summed E-state index contributed by atoms with van der Waals surface area (Å²) in [5.74, 6) is 0.794. The van der Waals surface area contributed by atoms with Gasteiger partial charge in [-0.05, 0) is 43.9 Å². The molecule has 0 bridgehead atoms. The molecule has 1 aromatic rings. The van der Waals surface area contributed by atoms with Crippen LogP contribution in [0.1, 0.15) is 32.6 Å². The Kier molecular flexibility index (Phi) is 5.09. The van der Waals surface area contributed by atoms with E-state index in [2.05, 4.69) is 20.7 Å². The number of ether oxygens (including phenoxy) is 1. The van der Waals surface area contributed by atoms with Gasteiger partial charge in [-0.25, -0.2) is 13.1 Å². The quantitative estimate of drug-likeness (QED) is 0.874. The topological polar surface area (TPSA) is 55.4 Å². The average molecular weight is 362 g/mol. The van der Waals surface area contributed by atoms with Crippen LogP contribution in [0.15, 0.2) is 27.6 Å². The highest BCUT2D eigenvalue weighted by Gasteiger charge is 2.27. The van der Waals surface area contributed by atoms with Crippen LogP contribution < -0.4 is 9.46 Å². The van der Waals surface area contributed by atoms with Crippen LogP contribution in [0, 0.1) is 5.92 Å². The first-order valence-electron chi connectivity index (χ1n) is 6.80. The maximum absolute atomic E-state index is 12.5. The van der Waals surface area contributed by atoms with E-state index in [9.17, 15) is 8.42 Å². The van der Waals surface area contributed by atoms with E-state index < -0.39 is 10.0 Å². The molecule has 1 N–H and O–H groups in total. The van der Waals surface area contributed by atoms with Crippen molar-refractivity contribution in [3.05, 3.63) is 22.7 Å². The van der Waals surface area contributed by atoms with E-state index in [0.29, 0.717) is 16.1 Å². The van der Waals surface area contributed by atoms with Crippen molar-refractivity contribution in [3.63, 3.8) is 0 Å². The van der Waals surface area contributed by atoms with Crippen molar-refractivity contribution < 1.29 is 13.2 Å². The lowest BCUT2D eigenvalue weighted by Crippen LogP contribution is -2.37. The molecule has 112 valence electrons. The van der Waals surface area contributed by atoms with Crippen molar-refractivity contribution in [2.75, 3.05) is 7.11 Å². The summed E-state index contributed by atoms with van der Waals surface area (Å²) in [5.41, 5.74) is 0. The van der Waals surface area contributed by atoms with E-state index in [1.165, 1.54) is 20.0 Å². The molecule has 0 radical (unpaired) electrons. The van der Waals surface area contributed by atoms with Gasteiger partial charge in [-0.3, -0.25) is 0 Å². The molecule has 20 heavy (non-hydrogen) atoms. The van der Waals surface area contributed by atoms with Crippen molar-refractivity contribution in [1.29, 1.82) is 0 Å². The van der Waals surface area contributed by atoms with Crippen molar-refractivity contribution >= 4 is 26.0 Å². The minimum absolute atomic E-state index is 0.0498. The highest BCUT2D eigenvalue weighted by atomic mass is 79.9. The van der Waals surface area contributed by atoms with Gasteiger partial charge in [-0.2, -0.15) is 0 Å². The molecule has 0 aromatic heterocycles. The molecular formula is C14H20BrNO3S. The molecule has 1 unspecified atom stereocenters.